The molecule has 0 spiro atoms. The Labute approximate surface area is 223 Å². The third kappa shape index (κ3) is 15.4. The summed E-state index contributed by atoms with van der Waals surface area (Å²) in [6.45, 7) is 4.45. The van der Waals surface area contributed by atoms with Gasteiger partial charge in [0, 0.05) is 6.07 Å². The molecule has 1 aromatic carbocycles. The third-order valence-corrected chi connectivity index (χ3v) is 10.5. The normalized spacial score (nSPS) is 12.3. The van der Waals surface area contributed by atoms with E-state index in [0.717, 1.165) is 38.5 Å². The fraction of sp³-hybridized carbons (Fsp3) is 0.800. The molecule has 0 aromatic heterocycles. The molecule has 0 atom stereocenters. The van der Waals surface area contributed by atoms with Crippen molar-refractivity contribution in [1.29, 1.82) is 0 Å². The molecule has 1 rings (SSSR count). The van der Waals surface area contributed by atoms with Gasteiger partial charge >= 0.3 is 0 Å². The van der Waals surface area contributed by atoms with Gasteiger partial charge in [0.25, 0.3) is 0 Å². The number of benzene rings is 1. The second-order valence-corrected chi connectivity index (χ2v) is 14.6. The van der Waals surface area contributed by atoms with Gasteiger partial charge in [-0.05, 0) is 25.0 Å². The molecule has 0 saturated carbocycles. The van der Waals surface area contributed by atoms with Gasteiger partial charge in [-0.3, -0.25) is 0 Å². The van der Waals surface area contributed by atoms with E-state index in [0.29, 0.717) is 12.8 Å². The average molecular weight is 542 g/mol. The van der Waals surface area contributed by atoms with Crippen molar-refractivity contribution in [3.8, 4) is 0 Å². The Morgan fingerprint density at radius 2 is 0.889 bits per heavy atom. The Morgan fingerprint density at radius 3 is 1.31 bits per heavy atom. The van der Waals surface area contributed by atoms with Gasteiger partial charge in [-0.1, -0.05) is 135 Å². The smallest absolute Gasteiger partial charge is 0.179 e. The van der Waals surface area contributed by atoms with Crippen molar-refractivity contribution in [2.45, 2.75) is 152 Å². The van der Waals surface area contributed by atoms with Gasteiger partial charge in [-0.2, -0.15) is 0 Å². The van der Waals surface area contributed by atoms with Crippen LogP contribution in [0.15, 0.2) is 28.0 Å². The summed E-state index contributed by atoms with van der Waals surface area (Å²) in [5.74, 6) is 0.132. The second-order valence-electron chi connectivity index (χ2n) is 10.4. The summed E-state index contributed by atoms with van der Waals surface area (Å²) in [5.41, 5.74) is 0. The average Bonchev–Trinajstić information content (AvgIpc) is 2.86. The predicted octanol–water partition coefficient (Wildman–Crippen LogP) is 8.88. The van der Waals surface area contributed by atoms with Crippen LogP contribution in [0.1, 0.15) is 142 Å². The molecule has 209 valence electrons. The van der Waals surface area contributed by atoms with Gasteiger partial charge in [-0.15, -0.1) is 0 Å². The van der Waals surface area contributed by atoms with Crippen LogP contribution in [0.2, 0.25) is 0 Å². The summed E-state index contributed by atoms with van der Waals surface area (Å²) >= 11 is 0. The summed E-state index contributed by atoms with van der Waals surface area (Å²) in [5, 5.41) is 0. The van der Waals surface area contributed by atoms with Crippen molar-refractivity contribution in [2.24, 2.45) is 0 Å². The number of unbranched alkanes of at least 4 members (excludes halogenated alkanes) is 18. The van der Waals surface area contributed by atoms with Crippen LogP contribution in [0, 0.1) is 6.07 Å². The van der Waals surface area contributed by atoms with Crippen molar-refractivity contribution >= 4 is 19.7 Å². The van der Waals surface area contributed by atoms with Gasteiger partial charge in [0.05, 0.1) is 21.3 Å². The lowest BCUT2D eigenvalue weighted by atomic mass is 10.1. The molecular formula is C30H53O4S2. The van der Waals surface area contributed by atoms with E-state index in [1.165, 1.54) is 95.2 Å². The maximum atomic E-state index is 12.8. The molecule has 4 nitrogen and oxygen atoms in total. The summed E-state index contributed by atoms with van der Waals surface area (Å²) in [7, 11) is -6.99. The first kappa shape index (κ1) is 33.1. The lowest BCUT2D eigenvalue weighted by Gasteiger charge is -2.08. The van der Waals surface area contributed by atoms with Crippen LogP contribution in [0.25, 0.3) is 0 Å². The summed E-state index contributed by atoms with van der Waals surface area (Å²) < 4.78 is 51.1. The lowest BCUT2D eigenvalue weighted by molar-refractivity contribution is 0.557. The van der Waals surface area contributed by atoms with Crippen LogP contribution < -0.4 is 0 Å². The van der Waals surface area contributed by atoms with E-state index in [-0.39, 0.29) is 21.3 Å². The molecule has 6 heteroatoms. The number of rotatable bonds is 24. The molecule has 0 N–H and O–H groups in total. The predicted molar refractivity (Wildman–Crippen MR) is 153 cm³/mol. The Balaban J connectivity index is 2.33. The van der Waals surface area contributed by atoms with E-state index in [4.69, 9.17) is 0 Å². The molecule has 0 unspecified atom stereocenters. The molecule has 0 heterocycles. The van der Waals surface area contributed by atoms with Crippen LogP contribution in [-0.4, -0.2) is 28.3 Å². The van der Waals surface area contributed by atoms with Crippen LogP contribution in [0.5, 0.6) is 0 Å². The van der Waals surface area contributed by atoms with Gasteiger partial charge in [0.2, 0.25) is 0 Å². The highest BCUT2D eigenvalue weighted by molar-refractivity contribution is 7.92. The van der Waals surface area contributed by atoms with E-state index in [9.17, 15) is 16.8 Å². The fourth-order valence-corrected chi connectivity index (χ4v) is 7.41. The molecule has 36 heavy (non-hydrogen) atoms. The minimum Gasteiger partial charge on any atom is -0.224 e. The van der Waals surface area contributed by atoms with Crippen molar-refractivity contribution in [2.75, 3.05) is 11.5 Å². The van der Waals surface area contributed by atoms with E-state index in [1.54, 1.807) is 0 Å². The Hall–Kier alpha value is -0.880. The molecule has 1 aromatic rings. The molecule has 0 aliphatic heterocycles. The van der Waals surface area contributed by atoms with E-state index < -0.39 is 19.7 Å². The molecule has 1 radical (unpaired) electrons. The van der Waals surface area contributed by atoms with Crippen molar-refractivity contribution in [3.63, 3.8) is 0 Å². The Kier molecular flexibility index (Phi) is 18.5. The summed E-state index contributed by atoms with van der Waals surface area (Å²) in [4.78, 5) is 0.126. The molecule has 0 aliphatic carbocycles. The van der Waals surface area contributed by atoms with Crippen LogP contribution >= 0.6 is 0 Å². The molecular weight excluding hydrogens is 488 g/mol. The zero-order valence-electron chi connectivity index (χ0n) is 23.2. The number of hydrogen-bond acceptors (Lipinski definition) is 4. The highest BCUT2D eigenvalue weighted by Crippen LogP contribution is 2.21. The first-order chi connectivity index (χ1) is 17.3. The maximum absolute atomic E-state index is 12.8. The van der Waals surface area contributed by atoms with Crippen molar-refractivity contribution in [1.82, 2.24) is 0 Å². The standard InChI is InChI=1S/C30H53O4S2/c1-3-5-7-9-11-13-15-17-19-21-26-35(31,32)29-24-23-25-30(28-29)36(33,34)27-22-20-18-16-14-12-10-8-6-4-2/h23-24,28H,3-22,26-27H2,1-2H3. The van der Waals surface area contributed by atoms with Crippen LogP contribution in [0.3, 0.4) is 0 Å². The summed E-state index contributed by atoms with van der Waals surface area (Å²) in [6, 6.07) is 7.00. The first-order valence-electron chi connectivity index (χ1n) is 14.8. The zero-order valence-corrected chi connectivity index (χ0v) is 24.9. The molecule has 0 aliphatic rings. The van der Waals surface area contributed by atoms with Gasteiger partial charge in [0.15, 0.2) is 19.7 Å². The third-order valence-electron chi connectivity index (χ3n) is 6.97. The van der Waals surface area contributed by atoms with E-state index in [2.05, 4.69) is 19.9 Å². The van der Waals surface area contributed by atoms with Crippen LogP contribution in [-0.2, 0) is 19.7 Å². The quantitative estimate of drug-likeness (QED) is 0.123. The molecule has 0 amide bonds. The second kappa shape index (κ2) is 20.1. The number of hydrogen-bond donors (Lipinski definition) is 0. The van der Waals surface area contributed by atoms with E-state index >= 15 is 0 Å². The largest absolute Gasteiger partial charge is 0.224 e. The first-order valence-corrected chi connectivity index (χ1v) is 18.1. The topological polar surface area (TPSA) is 68.3 Å². The Morgan fingerprint density at radius 1 is 0.528 bits per heavy atom. The molecule has 0 fully saturated rings. The van der Waals surface area contributed by atoms with Crippen molar-refractivity contribution in [3.05, 3.63) is 24.3 Å². The summed E-state index contributed by atoms with van der Waals surface area (Å²) in [6.07, 6.45) is 22.9. The van der Waals surface area contributed by atoms with Crippen LogP contribution in [0.4, 0.5) is 0 Å². The van der Waals surface area contributed by atoms with Gasteiger partial charge in [0.1, 0.15) is 0 Å². The van der Waals surface area contributed by atoms with Gasteiger partial charge < -0.3 is 0 Å². The van der Waals surface area contributed by atoms with E-state index in [1.807, 2.05) is 0 Å². The fourth-order valence-electron chi connectivity index (χ4n) is 4.58. The highest BCUT2D eigenvalue weighted by Gasteiger charge is 2.19. The molecule has 0 bridgehead atoms. The maximum Gasteiger partial charge on any atom is 0.179 e. The zero-order chi connectivity index (χ0) is 26.5. The minimum absolute atomic E-state index is 0.0163. The Bertz CT molecular complexity index is 807. The minimum atomic E-state index is -3.51. The van der Waals surface area contributed by atoms with Gasteiger partial charge in [-0.25, -0.2) is 16.8 Å². The molecule has 0 saturated heterocycles. The lowest BCUT2D eigenvalue weighted by Crippen LogP contribution is -2.11. The SMILES string of the molecule is CCCCCCCCCCCCS(=O)(=O)c1[c]ccc(S(=O)(=O)CCCCCCCCCCCC)c1. The van der Waals surface area contributed by atoms with Crippen molar-refractivity contribution < 1.29 is 16.8 Å². The number of sulfone groups is 2. The monoisotopic (exact) mass is 541 g/mol. The highest BCUT2D eigenvalue weighted by atomic mass is 32.2.